The van der Waals surface area contributed by atoms with Gasteiger partial charge in [0.1, 0.15) is 18.1 Å². The number of aryl methyl sites for hydroxylation is 1. The van der Waals surface area contributed by atoms with Gasteiger partial charge in [-0.15, -0.1) is 0 Å². The summed E-state index contributed by atoms with van der Waals surface area (Å²) in [6.45, 7) is 6.52. The molecule has 1 aromatic carbocycles. The van der Waals surface area contributed by atoms with Crippen molar-refractivity contribution in [3.05, 3.63) is 53.5 Å². The first-order valence-corrected chi connectivity index (χ1v) is 7.81. The van der Waals surface area contributed by atoms with Crippen LogP contribution in [-0.4, -0.2) is 6.54 Å². The molecule has 2 aromatic rings. The van der Waals surface area contributed by atoms with E-state index in [4.69, 9.17) is 9.15 Å². The molecule has 1 aromatic heterocycles. The molecule has 0 amide bonds. The Morgan fingerprint density at radius 1 is 1.10 bits per heavy atom. The highest BCUT2D eigenvalue weighted by Gasteiger charge is 2.06. The van der Waals surface area contributed by atoms with Gasteiger partial charge in [0.2, 0.25) is 0 Å². The lowest BCUT2D eigenvalue weighted by atomic mass is 10.1. The SMILES string of the molecule is CCCCc1ccc(OCc2ccoc2CNCC)cc1. The Kier molecular flexibility index (Phi) is 6.35. The second-order valence-corrected chi connectivity index (χ2v) is 5.19. The van der Waals surface area contributed by atoms with Crippen molar-refractivity contribution in [1.82, 2.24) is 5.32 Å². The molecule has 0 bridgehead atoms. The minimum atomic E-state index is 0.547. The minimum absolute atomic E-state index is 0.547. The van der Waals surface area contributed by atoms with Gasteiger partial charge in [-0.1, -0.05) is 32.4 Å². The molecule has 1 N–H and O–H groups in total. The van der Waals surface area contributed by atoms with Crippen LogP contribution in [0.1, 0.15) is 43.6 Å². The number of benzene rings is 1. The van der Waals surface area contributed by atoms with Gasteiger partial charge in [-0.3, -0.25) is 0 Å². The van der Waals surface area contributed by atoms with Gasteiger partial charge in [0, 0.05) is 5.56 Å². The van der Waals surface area contributed by atoms with Crippen LogP contribution < -0.4 is 10.1 Å². The van der Waals surface area contributed by atoms with Gasteiger partial charge >= 0.3 is 0 Å². The molecule has 2 rings (SSSR count). The lowest BCUT2D eigenvalue weighted by molar-refractivity contribution is 0.301. The summed E-state index contributed by atoms with van der Waals surface area (Å²) in [5.41, 5.74) is 2.48. The number of furan rings is 1. The van der Waals surface area contributed by atoms with Crippen molar-refractivity contribution < 1.29 is 9.15 Å². The summed E-state index contributed by atoms with van der Waals surface area (Å²) in [4.78, 5) is 0. The van der Waals surface area contributed by atoms with Gasteiger partial charge in [0.05, 0.1) is 12.8 Å². The summed E-state index contributed by atoms with van der Waals surface area (Å²) < 4.78 is 11.3. The molecule has 0 fully saturated rings. The van der Waals surface area contributed by atoms with E-state index < -0.39 is 0 Å². The molecule has 0 saturated carbocycles. The Labute approximate surface area is 127 Å². The summed E-state index contributed by atoms with van der Waals surface area (Å²) >= 11 is 0. The third-order valence-electron chi connectivity index (χ3n) is 3.51. The van der Waals surface area contributed by atoms with Crippen molar-refractivity contribution in [2.24, 2.45) is 0 Å². The van der Waals surface area contributed by atoms with Gasteiger partial charge < -0.3 is 14.5 Å². The van der Waals surface area contributed by atoms with E-state index in [0.717, 1.165) is 36.6 Å². The summed E-state index contributed by atoms with van der Waals surface area (Å²) in [5, 5.41) is 3.27. The predicted molar refractivity (Wildman–Crippen MR) is 85.5 cm³/mol. The largest absolute Gasteiger partial charge is 0.489 e. The van der Waals surface area contributed by atoms with Crippen LogP contribution in [0.3, 0.4) is 0 Å². The molecular weight excluding hydrogens is 262 g/mol. The van der Waals surface area contributed by atoms with Crippen LogP contribution in [0.4, 0.5) is 0 Å². The number of rotatable bonds is 9. The van der Waals surface area contributed by atoms with Gasteiger partial charge in [-0.2, -0.15) is 0 Å². The Morgan fingerprint density at radius 2 is 1.90 bits per heavy atom. The van der Waals surface area contributed by atoms with E-state index in [0.29, 0.717) is 6.61 Å². The number of hydrogen-bond acceptors (Lipinski definition) is 3. The lowest BCUT2D eigenvalue weighted by Crippen LogP contribution is -2.12. The summed E-state index contributed by atoms with van der Waals surface area (Å²) in [6.07, 6.45) is 5.33. The zero-order valence-corrected chi connectivity index (χ0v) is 13.0. The fourth-order valence-electron chi connectivity index (χ4n) is 2.18. The number of unbranched alkanes of at least 4 members (excludes halogenated alkanes) is 1. The van der Waals surface area contributed by atoms with E-state index in [1.165, 1.54) is 18.4 Å². The normalized spacial score (nSPS) is 10.8. The molecular formula is C18H25NO2. The number of nitrogens with one attached hydrogen (secondary N) is 1. The molecule has 0 atom stereocenters. The molecule has 114 valence electrons. The molecule has 0 aliphatic rings. The third kappa shape index (κ3) is 4.94. The van der Waals surface area contributed by atoms with Crippen molar-refractivity contribution in [3.63, 3.8) is 0 Å². The Morgan fingerprint density at radius 3 is 2.62 bits per heavy atom. The van der Waals surface area contributed by atoms with Crippen LogP contribution in [0.15, 0.2) is 41.0 Å². The Balaban J connectivity index is 1.86. The van der Waals surface area contributed by atoms with E-state index in [9.17, 15) is 0 Å². The van der Waals surface area contributed by atoms with Crippen molar-refractivity contribution >= 4 is 0 Å². The molecule has 0 spiro atoms. The lowest BCUT2D eigenvalue weighted by Gasteiger charge is -2.08. The predicted octanol–water partition coefficient (Wildman–Crippen LogP) is 4.31. The maximum atomic E-state index is 5.84. The van der Waals surface area contributed by atoms with Crippen LogP contribution >= 0.6 is 0 Å². The molecule has 0 aliphatic heterocycles. The van der Waals surface area contributed by atoms with E-state index >= 15 is 0 Å². The molecule has 0 unspecified atom stereocenters. The molecule has 3 nitrogen and oxygen atoms in total. The van der Waals surface area contributed by atoms with Crippen LogP contribution in [0, 0.1) is 0 Å². The quantitative estimate of drug-likeness (QED) is 0.746. The van der Waals surface area contributed by atoms with Crippen LogP contribution in [0.2, 0.25) is 0 Å². The van der Waals surface area contributed by atoms with Crippen molar-refractivity contribution in [2.45, 2.75) is 46.3 Å². The summed E-state index contributed by atoms with van der Waals surface area (Å²) in [5.74, 6) is 1.86. The fourth-order valence-corrected chi connectivity index (χ4v) is 2.18. The highest BCUT2D eigenvalue weighted by Crippen LogP contribution is 2.17. The van der Waals surface area contributed by atoms with E-state index in [1.807, 2.05) is 6.07 Å². The highest BCUT2D eigenvalue weighted by atomic mass is 16.5. The first-order chi connectivity index (χ1) is 10.3. The molecule has 0 saturated heterocycles. The second-order valence-electron chi connectivity index (χ2n) is 5.19. The third-order valence-corrected chi connectivity index (χ3v) is 3.51. The molecule has 3 heteroatoms. The van der Waals surface area contributed by atoms with Gasteiger partial charge in [0.15, 0.2) is 0 Å². The maximum absolute atomic E-state index is 5.84. The van der Waals surface area contributed by atoms with Gasteiger partial charge in [-0.25, -0.2) is 0 Å². The van der Waals surface area contributed by atoms with E-state index in [-0.39, 0.29) is 0 Å². The summed E-state index contributed by atoms with van der Waals surface area (Å²) in [6, 6.07) is 10.4. The number of ether oxygens (including phenoxy) is 1. The standard InChI is InChI=1S/C18H25NO2/c1-3-5-6-15-7-9-17(10-8-15)21-14-16-11-12-20-18(16)13-19-4-2/h7-12,19H,3-6,13-14H2,1-2H3. The average molecular weight is 287 g/mol. The van der Waals surface area contributed by atoms with Crippen molar-refractivity contribution in [2.75, 3.05) is 6.54 Å². The minimum Gasteiger partial charge on any atom is -0.489 e. The van der Waals surface area contributed by atoms with Crippen molar-refractivity contribution in [1.29, 1.82) is 0 Å². The zero-order valence-electron chi connectivity index (χ0n) is 13.0. The molecule has 1 heterocycles. The first-order valence-electron chi connectivity index (χ1n) is 7.81. The Bertz CT molecular complexity index is 516. The molecule has 0 aliphatic carbocycles. The van der Waals surface area contributed by atoms with Crippen LogP contribution in [-0.2, 0) is 19.6 Å². The topological polar surface area (TPSA) is 34.4 Å². The number of hydrogen-bond donors (Lipinski definition) is 1. The Hall–Kier alpha value is -1.74. The van der Waals surface area contributed by atoms with Crippen LogP contribution in [0.5, 0.6) is 5.75 Å². The summed E-state index contributed by atoms with van der Waals surface area (Å²) in [7, 11) is 0. The van der Waals surface area contributed by atoms with E-state index in [2.05, 4.69) is 43.4 Å². The van der Waals surface area contributed by atoms with Gasteiger partial charge in [-0.05, 0) is 43.1 Å². The maximum Gasteiger partial charge on any atom is 0.124 e. The van der Waals surface area contributed by atoms with Crippen LogP contribution in [0.25, 0.3) is 0 Å². The van der Waals surface area contributed by atoms with E-state index in [1.54, 1.807) is 6.26 Å². The average Bonchev–Trinajstić information content (AvgIpc) is 2.97. The van der Waals surface area contributed by atoms with Crippen molar-refractivity contribution in [3.8, 4) is 5.75 Å². The smallest absolute Gasteiger partial charge is 0.124 e. The second kappa shape index (κ2) is 8.53. The van der Waals surface area contributed by atoms with Gasteiger partial charge in [0.25, 0.3) is 0 Å². The highest BCUT2D eigenvalue weighted by molar-refractivity contribution is 5.28. The monoisotopic (exact) mass is 287 g/mol. The fraction of sp³-hybridized carbons (Fsp3) is 0.444. The zero-order chi connectivity index (χ0) is 14.9. The first kappa shape index (κ1) is 15.6. The molecule has 0 radical (unpaired) electrons. The molecule has 21 heavy (non-hydrogen) atoms.